The van der Waals surface area contributed by atoms with E-state index in [0.29, 0.717) is 58.8 Å². The number of allylic oxidation sites excluding steroid dienone is 2. The molecule has 2 aliphatic rings. The molecule has 5 rings (SSSR count). The van der Waals surface area contributed by atoms with Crippen LogP contribution in [0.3, 0.4) is 0 Å². The van der Waals surface area contributed by atoms with E-state index < -0.39 is 5.82 Å². The van der Waals surface area contributed by atoms with Gasteiger partial charge in [-0.1, -0.05) is 5.92 Å². The van der Waals surface area contributed by atoms with Crippen LogP contribution in [0, 0.1) is 29.5 Å². The summed E-state index contributed by atoms with van der Waals surface area (Å²) in [7, 11) is 4.81. The highest BCUT2D eigenvalue weighted by Crippen LogP contribution is 2.47. The zero-order valence-corrected chi connectivity index (χ0v) is 23.2. The minimum Gasteiger partial charge on any atom is -0.496 e. The van der Waals surface area contributed by atoms with Gasteiger partial charge in [0.1, 0.15) is 29.2 Å². The monoisotopic (exact) mass is 555 g/mol. The van der Waals surface area contributed by atoms with E-state index in [1.165, 1.54) is 24.2 Å². The minimum absolute atomic E-state index is 0.0502. The number of carbonyl (C=O) groups excluding carboxylic acids is 1. The van der Waals surface area contributed by atoms with Gasteiger partial charge < -0.3 is 23.5 Å². The molecule has 41 heavy (non-hydrogen) atoms. The van der Waals surface area contributed by atoms with Gasteiger partial charge in [-0.3, -0.25) is 9.78 Å². The average molecular weight is 556 g/mol. The topological polar surface area (TPSA) is 97.8 Å². The Hall–Kier alpha value is -4.60. The van der Waals surface area contributed by atoms with Gasteiger partial charge >= 0.3 is 0 Å². The molecular formula is C32H30FN3O5. The summed E-state index contributed by atoms with van der Waals surface area (Å²) in [6.07, 6.45) is 13.5. The Balaban J connectivity index is 1.49. The maximum absolute atomic E-state index is 15.5. The molecule has 1 aliphatic carbocycles. The summed E-state index contributed by atoms with van der Waals surface area (Å²) in [5.74, 6) is 2.42. The van der Waals surface area contributed by atoms with E-state index in [0.717, 1.165) is 12.8 Å². The Bertz CT molecular complexity index is 1640. The van der Waals surface area contributed by atoms with E-state index in [1.807, 2.05) is 0 Å². The largest absolute Gasteiger partial charge is 0.496 e. The number of pyridine rings is 1. The van der Waals surface area contributed by atoms with Crippen molar-refractivity contribution in [1.82, 2.24) is 9.88 Å². The van der Waals surface area contributed by atoms with Gasteiger partial charge in [-0.25, -0.2) is 4.39 Å². The average Bonchev–Trinajstić information content (AvgIpc) is 3.55. The molecule has 210 valence electrons. The maximum Gasteiger partial charge on any atom is 0.226 e. The predicted molar refractivity (Wildman–Crippen MR) is 151 cm³/mol. The lowest BCUT2D eigenvalue weighted by Gasteiger charge is -2.30. The van der Waals surface area contributed by atoms with Crippen molar-refractivity contribution < 1.29 is 27.8 Å². The molecule has 0 bridgehead atoms. The van der Waals surface area contributed by atoms with Crippen molar-refractivity contribution in [2.45, 2.75) is 43.8 Å². The SMILES string of the molecule is C#C/C=C(\C(=C/CC(=O)N(C)C)OC)c1cc2nccc(-c3cc(F)c(OC4CCOC5(CC5)C4)c(C#N)c3)c2o1. The molecule has 1 unspecified atom stereocenters. The number of fused-ring (bicyclic) bond motifs is 1. The van der Waals surface area contributed by atoms with Crippen molar-refractivity contribution in [3.8, 4) is 35.3 Å². The number of nitriles is 1. The number of hydrogen-bond acceptors (Lipinski definition) is 7. The third-order valence-electron chi connectivity index (χ3n) is 7.37. The van der Waals surface area contributed by atoms with Crippen LogP contribution in [-0.4, -0.2) is 55.3 Å². The molecule has 1 saturated carbocycles. The van der Waals surface area contributed by atoms with Gasteiger partial charge in [0.05, 0.1) is 30.5 Å². The first kappa shape index (κ1) is 27.9. The van der Waals surface area contributed by atoms with Crippen LogP contribution in [0.2, 0.25) is 0 Å². The van der Waals surface area contributed by atoms with Crippen molar-refractivity contribution in [3.05, 3.63) is 65.5 Å². The normalized spacial score (nSPS) is 18.0. The second-order valence-electron chi connectivity index (χ2n) is 10.4. The number of amides is 1. The van der Waals surface area contributed by atoms with Crippen LogP contribution in [0.5, 0.6) is 5.75 Å². The van der Waals surface area contributed by atoms with Gasteiger partial charge in [0.15, 0.2) is 17.1 Å². The molecule has 0 N–H and O–H groups in total. The van der Waals surface area contributed by atoms with Crippen molar-refractivity contribution in [1.29, 1.82) is 5.26 Å². The predicted octanol–water partition coefficient (Wildman–Crippen LogP) is 5.62. The summed E-state index contributed by atoms with van der Waals surface area (Å²) in [4.78, 5) is 18.0. The fraction of sp³-hybridized carbons (Fsp3) is 0.344. The van der Waals surface area contributed by atoms with E-state index in [9.17, 15) is 10.1 Å². The molecule has 1 aliphatic heterocycles. The molecule has 1 amide bonds. The highest BCUT2D eigenvalue weighted by molar-refractivity contribution is 5.93. The number of methoxy groups -OCH3 is 1. The van der Waals surface area contributed by atoms with Crippen molar-refractivity contribution in [2.75, 3.05) is 27.8 Å². The molecule has 1 saturated heterocycles. The third-order valence-corrected chi connectivity index (χ3v) is 7.37. The number of furan rings is 1. The van der Waals surface area contributed by atoms with Gasteiger partial charge in [-0.15, -0.1) is 6.42 Å². The van der Waals surface area contributed by atoms with E-state index in [1.54, 1.807) is 44.6 Å². The van der Waals surface area contributed by atoms with Crippen LogP contribution < -0.4 is 4.74 Å². The number of aromatic nitrogens is 1. The Kier molecular flexibility index (Phi) is 7.83. The van der Waals surface area contributed by atoms with Crippen molar-refractivity contribution in [2.24, 2.45) is 0 Å². The summed E-state index contributed by atoms with van der Waals surface area (Å²) in [6, 6.07) is 8.40. The molecule has 9 heteroatoms. The second-order valence-corrected chi connectivity index (χ2v) is 10.4. The lowest BCUT2D eigenvalue weighted by Crippen LogP contribution is -2.34. The molecule has 8 nitrogen and oxygen atoms in total. The van der Waals surface area contributed by atoms with Gasteiger partial charge in [-0.05, 0) is 42.7 Å². The highest BCUT2D eigenvalue weighted by Gasteiger charge is 2.48. The van der Waals surface area contributed by atoms with Crippen LogP contribution in [-0.2, 0) is 14.3 Å². The summed E-state index contributed by atoms with van der Waals surface area (Å²) < 4.78 is 39.1. The number of hydrogen-bond donors (Lipinski definition) is 0. The van der Waals surface area contributed by atoms with Crippen LogP contribution >= 0.6 is 0 Å². The van der Waals surface area contributed by atoms with Gasteiger partial charge in [-0.2, -0.15) is 5.26 Å². The standard InChI is InChI=1S/C32H30FN3O5/c1-5-6-24(27(38-4)7-8-29(37)36(2)3)28-17-26-31(41-28)23(9-13-35-26)20-15-21(19-34)30(25(33)16-20)40-22-10-14-39-32(18-22)11-12-32/h1,6-7,9,13,15-17,22H,8,10-12,14,18H2,2-4H3/b24-6+,27-7+. The van der Waals surface area contributed by atoms with E-state index in [2.05, 4.69) is 17.0 Å². The van der Waals surface area contributed by atoms with Crippen LogP contribution in [0.1, 0.15) is 43.4 Å². The summed E-state index contributed by atoms with van der Waals surface area (Å²) in [5, 5.41) is 9.89. The van der Waals surface area contributed by atoms with Crippen LogP contribution in [0.25, 0.3) is 27.8 Å². The lowest BCUT2D eigenvalue weighted by molar-refractivity contribution is -0.127. The van der Waals surface area contributed by atoms with Gasteiger partial charge in [0.25, 0.3) is 0 Å². The molecule has 1 spiro atoms. The van der Waals surface area contributed by atoms with Crippen LogP contribution in [0.4, 0.5) is 4.39 Å². The molecule has 2 aromatic heterocycles. The molecule has 1 aromatic carbocycles. The second kappa shape index (κ2) is 11.5. The smallest absolute Gasteiger partial charge is 0.226 e. The van der Waals surface area contributed by atoms with Gasteiger partial charge in [0.2, 0.25) is 5.91 Å². The Labute approximate surface area is 238 Å². The molecule has 0 radical (unpaired) electrons. The number of terminal acetylenes is 1. The maximum atomic E-state index is 15.5. The molecule has 3 heterocycles. The number of carbonyl (C=O) groups is 1. The number of nitrogens with zero attached hydrogens (tertiary/aromatic N) is 3. The summed E-state index contributed by atoms with van der Waals surface area (Å²) >= 11 is 0. The molecule has 1 atom stereocenters. The number of ether oxygens (including phenoxy) is 3. The van der Waals surface area contributed by atoms with Crippen molar-refractivity contribution in [3.63, 3.8) is 0 Å². The number of benzene rings is 1. The number of rotatable bonds is 8. The zero-order valence-electron chi connectivity index (χ0n) is 23.2. The Morgan fingerprint density at radius 3 is 2.83 bits per heavy atom. The summed E-state index contributed by atoms with van der Waals surface area (Å²) in [5.41, 5.74) is 2.25. The highest BCUT2D eigenvalue weighted by atomic mass is 19.1. The Morgan fingerprint density at radius 2 is 2.15 bits per heavy atom. The zero-order chi connectivity index (χ0) is 29.1. The van der Waals surface area contributed by atoms with E-state index in [4.69, 9.17) is 25.1 Å². The van der Waals surface area contributed by atoms with Gasteiger partial charge in [0, 0.05) is 57.3 Å². The lowest BCUT2D eigenvalue weighted by atomic mass is 10.0. The van der Waals surface area contributed by atoms with Crippen LogP contribution in [0.15, 0.2) is 52.8 Å². The third kappa shape index (κ3) is 5.82. The fourth-order valence-corrected chi connectivity index (χ4v) is 5.00. The molecular weight excluding hydrogens is 525 g/mol. The summed E-state index contributed by atoms with van der Waals surface area (Å²) in [6.45, 7) is 0.560. The molecule has 3 aromatic rings. The van der Waals surface area contributed by atoms with Crippen molar-refractivity contribution >= 4 is 22.6 Å². The van der Waals surface area contributed by atoms with E-state index in [-0.39, 0.29) is 35.3 Å². The first-order valence-electron chi connectivity index (χ1n) is 13.3. The quantitative estimate of drug-likeness (QED) is 0.202. The first-order valence-corrected chi connectivity index (χ1v) is 13.3. The minimum atomic E-state index is -0.629. The number of halogens is 1. The Morgan fingerprint density at radius 1 is 1.34 bits per heavy atom. The van der Waals surface area contributed by atoms with E-state index >= 15 is 4.39 Å². The fourth-order valence-electron chi connectivity index (χ4n) is 5.00. The molecule has 2 fully saturated rings. The first-order chi connectivity index (χ1) is 19.8.